The molecule has 36 heavy (non-hydrogen) atoms. The van der Waals surface area contributed by atoms with Crippen LogP contribution in [0.4, 0.5) is 5.69 Å². The molecule has 3 aromatic rings. The summed E-state index contributed by atoms with van der Waals surface area (Å²) in [5.74, 6) is 0.206. The quantitative estimate of drug-likeness (QED) is 0.285. The summed E-state index contributed by atoms with van der Waals surface area (Å²) in [6, 6.07) is 16.1. The van der Waals surface area contributed by atoms with Gasteiger partial charge in [0.15, 0.2) is 0 Å². The number of benzene rings is 2. The Labute approximate surface area is 214 Å². The van der Waals surface area contributed by atoms with E-state index in [-0.39, 0.29) is 23.0 Å². The Balaban J connectivity index is 1.40. The number of rotatable bonds is 10. The van der Waals surface area contributed by atoms with Crippen LogP contribution in [0.2, 0.25) is 0 Å². The summed E-state index contributed by atoms with van der Waals surface area (Å²) in [7, 11) is 0. The molecule has 1 aromatic heterocycles. The van der Waals surface area contributed by atoms with Gasteiger partial charge in [-0.15, -0.1) is 11.8 Å². The Kier molecular flexibility index (Phi) is 8.70. The van der Waals surface area contributed by atoms with Crippen molar-refractivity contribution in [2.45, 2.75) is 24.6 Å². The number of nitrogens with one attached hydrogen (secondary N) is 2. The van der Waals surface area contributed by atoms with Gasteiger partial charge in [-0.05, 0) is 65.3 Å². The Morgan fingerprint density at radius 1 is 1.06 bits per heavy atom. The molecule has 1 unspecified atom stereocenters. The van der Waals surface area contributed by atoms with Crippen molar-refractivity contribution in [3.05, 3.63) is 83.7 Å². The molecule has 4 rings (SSSR count). The summed E-state index contributed by atoms with van der Waals surface area (Å²) < 4.78 is 4.97. The number of aromatic nitrogens is 1. The molecule has 8 nitrogen and oxygen atoms in total. The van der Waals surface area contributed by atoms with Crippen molar-refractivity contribution in [3.63, 3.8) is 0 Å². The second-order valence-electron chi connectivity index (χ2n) is 8.27. The molecule has 1 aliphatic heterocycles. The fourth-order valence-electron chi connectivity index (χ4n) is 3.86. The Morgan fingerprint density at radius 3 is 2.61 bits per heavy atom. The van der Waals surface area contributed by atoms with Gasteiger partial charge >= 0.3 is 5.97 Å². The van der Waals surface area contributed by atoms with Gasteiger partial charge in [-0.1, -0.05) is 18.2 Å². The lowest BCUT2D eigenvalue weighted by atomic mass is 9.95. The molecule has 0 radical (unpaired) electrons. The third-order valence-electron chi connectivity index (χ3n) is 5.78. The second-order valence-corrected chi connectivity index (χ2v) is 9.58. The Morgan fingerprint density at radius 2 is 1.86 bits per heavy atom. The van der Waals surface area contributed by atoms with Crippen molar-refractivity contribution in [1.82, 2.24) is 10.3 Å². The van der Waals surface area contributed by atoms with Gasteiger partial charge in [-0.3, -0.25) is 19.4 Å². The van der Waals surface area contributed by atoms with Crippen LogP contribution < -0.4 is 16.4 Å². The molecule has 0 spiro atoms. The van der Waals surface area contributed by atoms with E-state index in [2.05, 4.69) is 15.6 Å². The number of esters is 1. The average molecular weight is 505 g/mol. The van der Waals surface area contributed by atoms with Crippen LogP contribution in [0.5, 0.6) is 0 Å². The largest absolute Gasteiger partial charge is 0.465 e. The van der Waals surface area contributed by atoms with E-state index in [1.54, 1.807) is 60.6 Å². The van der Waals surface area contributed by atoms with E-state index in [1.165, 1.54) is 0 Å². The zero-order valence-electron chi connectivity index (χ0n) is 19.7. The number of hydrogen-bond donors (Lipinski definition) is 3. The third kappa shape index (κ3) is 6.50. The van der Waals surface area contributed by atoms with Crippen molar-refractivity contribution in [2.24, 2.45) is 5.73 Å². The van der Waals surface area contributed by atoms with Gasteiger partial charge in [0.25, 0.3) is 11.8 Å². The highest BCUT2D eigenvalue weighted by molar-refractivity contribution is 8.00. The fraction of sp³-hybridized carbons (Fsp3) is 0.259. The first-order valence-electron chi connectivity index (χ1n) is 11.8. The maximum atomic E-state index is 12.8. The molecule has 2 heterocycles. The summed E-state index contributed by atoms with van der Waals surface area (Å²) >= 11 is 1.57. The Bertz CT molecular complexity index is 1240. The van der Waals surface area contributed by atoms with Crippen LogP contribution in [0.3, 0.4) is 0 Å². The molecule has 1 aliphatic rings. The molecule has 1 fully saturated rings. The summed E-state index contributed by atoms with van der Waals surface area (Å²) in [4.78, 5) is 41.0. The Hall–Kier alpha value is -3.69. The molecule has 2 aromatic carbocycles. The molecule has 9 heteroatoms. The molecule has 0 bridgehead atoms. The molecule has 4 N–H and O–H groups in total. The standard InChI is InChI=1S/C27H28N4O4S/c28-17-21-6-5-20(26(33)31-22-7-11-29-12-8-22)16-23(21)18-3-1-4-19(15-18)25(32)30-10-2-14-36-24-9-13-35-27(24)34/h1,3-8,11-12,15-16,24H,2,9-10,13-14,17,28H2,(H,30,32)(H,29,31,33). The van der Waals surface area contributed by atoms with Crippen molar-refractivity contribution < 1.29 is 19.1 Å². The van der Waals surface area contributed by atoms with Crippen LogP contribution in [0.25, 0.3) is 11.1 Å². The summed E-state index contributed by atoms with van der Waals surface area (Å²) in [5.41, 5.74) is 10.1. The van der Waals surface area contributed by atoms with E-state index in [0.29, 0.717) is 36.5 Å². The van der Waals surface area contributed by atoms with Crippen LogP contribution in [0.15, 0.2) is 67.0 Å². The van der Waals surface area contributed by atoms with E-state index in [4.69, 9.17) is 10.5 Å². The van der Waals surface area contributed by atoms with Crippen molar-refractivity contribution >= 4 is 35.2 Å². The number of amides is 2. The van der Waals surface area contributed by atoms with Crippen LogP contribution in [0.1, 0.15) is 39.1 Å². The lowest BCUT2D eigenvalue weighted by Crippen LogP contribution is -2.25. The maximum Gasteiger partial charge on any atom is 0.319 e. The minimum absolute atomic E-state index is 0.0864. The van der Waals surface area contributed by atoms with Gasteiger partial charge in [0, 0.05) is 48.7 Å². The van der Waals surface area contributed by atoms with Crippen LogP contribution in [-0.4, -0.2) is 46.9 Å². The first-order chi connectivity index (χ1) is 17.5. The van der Waals surface area contributed by atoms with Gasteiger partial charge < -0.3 is 21.1 Å². The molecule has 0 saturated carbocycles. The first kappa shape index (κ1) is 25.4. The predicted molar refractivity (Wildman–Crippen MR) is 141 cm³/mol. The molecule has 1 atom stereocenters. The number of anilines is 1. The van der Waals surface area contributed by atoms with Crippen molar-refractivity contribution in [2.75, 3.05) is 24.2 Å². The van der Waals surface area contributed by atoms with E-state index < -0.39 is 0 Å². The first-order valence-corrected chi connectivity index (χ1v) is 12.8. The number of carbonyl (C=O) groups excluding carboxylic acids is 3. The predicted octanol–water partition coefficient (Wildman–Crippen LogP) is 3.63. The van der Waals surface area contributed by atoms with E-state index >= 15 is 0 Å². The molecular weight excluding hydrogens is 476 g/mol. The number of ether oxygens (including phenoxy) is 1. The second kappa shape index (κ2) is 12.3. The number of nitrogens with zero attached hydrogens (tertiary/aromatic N) is 1. The zero-order valence-corrected chi connectivity index (χ0v) is 20.6. The summed E-state index contributed by atoms with van der Waals surface area (Å²) in [6.07, 6.45) is 4.73. The highest BCUT2D eigenvalue weighted by Gasteiger charge is 2.26. The summed E-state index contributed by atoms with van der Waals surface area (Å²) in [5, 5.41) is 5.71. The van der Waals surface area contributed by atoms with Gasteiger partial charge in [0.05, 0.1) is 6.61 Å². The van der Waals surface area contributed by atoms with Crippen molar-refractivity contribution in [1.29, 1.82) is 0 Å². The van der Waals surface area contributed by atoms with E-state index in [9.17, 15) is 14.4 Å². The molecule has 1 saturated heterocycles. The van der Waals surface area contributed by atoms with Crippen LogP contribution in [0, 0.1) is 0 Å². The molecule has 0 aliphatic carbocycles. The average Bonchev–Trinajstić information content (AvgIpc) is 3.33. The zero-order chi connectivity index (χ0) is 25.3. The van der Waals surface area contributed by atoms with Crippen LogP contribution >= 0.6 is 11.8 Å². The number of hydrogen-bond acceptors (Lipinski definition) is 7. The number of nitrogens with two attached hydrogens (primary N) is 1. The molecule has 2 amide bonds. The number of carbonyl (C=O) groups is 3. The van der Waals surface area contributed by atoms with Crippen molar-refractivity contribution in [3.8, 4) is 11.1 Å². The minimum atomic E-state index is -0.247. The SMILES string of the molecule is NCc1ccc(C(=O)Nc2ccncc2)cc1-c1cccc(C(=O)NCCCSC2CCOC2=O)c1. The normalized spacial score (nSPS) is 14.8. The topological polar surface area (TPSA) is 123 Å². The van der Waals surface area contributed by atoms with Crippen LogP contribution in [-0.2, 0) is 16.1 Å². The molecular formula is C27H28N4O4S. The summed E-state index contributed by atoms with van der Waals surface area (Å²) in [6.45, 7) is 1.30. The van der Waals surface area contributed by atoms with Gasteiger partial charge in [-0.25, -0.2) is 0 Å². The number of pyridine rings is 1. The van der Waals surface area contributed by atoms with Gasteiger partial charge in [-0.2, -0.15) is 0 Å². The highest BCUT2D eigenvalue weighted by Crippen LogP contribution is 2.27. The maximum absolute atomic E-state index is 12.8. The lowest BCUT2D eigenvalue weighted by molar-refractivity contribution is -0.137. The fourth-order valence-corrected chi connectivity index (χ4v) is 4.92. The minimum Gasteiger partial charge on any atom is -0.465 e. The number of thioether (sulfide) groups is 1. The molecule has 186 valence electrons. The highest BCUT2D eigenvalue weighted by atomic mass is 32.2. The van der Waals surface area contributed by atoms with Gasteiger partial charge in [0.1, 0.15) is 5.25 Å². The number of cyclic esters (lactones) is 1. The van der Waals surface area contributed by atoms with E-state index in [1.807, 2.05) is 18.2 Å². The lowest BCUT2D eigenvalue weighted by Gasteiger charge is -2.13. The smallest absolute Gasteiger partial charge is 0.319 e. The monoisotopic (exact) mass is 504 g/mol. The van der Waals surface area contributed by atoms with Gasteiger partial charge in [0.2, 0.25) is 0 Å². The van der Waals surface area contributed by atoms with E-state index in [0.717, 1.165) is 35.3 Å². The third-order valence-corrected chi connectivity index (χ3v) is 7.13.